The van der Waals surface area contributed by atoms with Gasteiger partial charge >= 0.3 is 0 Å². The van der Waals surface area contributed by atoms with E-state index in [2.05, 4.69) is 10.2 Å². The van der Waals surface area contributed by atoms with Crippen LogP contribution in [0.15, 0.2) is 4.90 Å². The summed E-state index contributed by atoms with van der Waals surface area (Å²) in [6, 6.07) is 0.104. The van der Waals surface area contributed by atoms with Gasteiger partial charge in [-0.1, -0.05) is 6.42 Å². The fourth-order valence-electron chi connectivity index (χ4n) is 2.34. The summed E-state index contributed by atoms with van der Waals surface area (Å²) < 4.78 is 26.9. The van der Waals surface area contributed by atoms with E-state index < -0.39 is 10.0 Å². The second kappa shape index (κ2) is 4.99. The zero-order chi connectivity index (χ0) is 13.3. The molecule has 2 rings (SSSR count). The van der Waals surface area contributed by atoms with E-state index in [-0.39, 0.29) is 6.04 Å². The van der Waals surface area contributed by atoms with Crippen LogP contribution in [0.25, 0.3) is 0 Å². The third kappa shape index (κ3) is 2.17. The number of hydrogen-bond acceptors (Lipinski definition) is 4. The molecule has 0 saturated heterocycles. The lowest BCUT2D eigenvalue weighted by Crippen LogP contribution is -2.46. The van der Waals surface area contributed by atoms with Gasteiger partial charge in [0.05, 0.1) is 11.4 Å². The molecule has 1 aliphatic rings. The van der Waals surface area contributed by atoms with Crippen molar-refractivity contribution in [2.75, 3.05) is 13.1 Å². The molecule has 0 radical (unpaired) electrons. The van der Waals surface area contributed by atoms with Gasteiger partial charge in [0.1, 0.15) is 4.90 Å². The van der Waals surface area contributed by atoms with E-state index in [4.69, 9.17) is 5.73 Å². The Kier molecular flexibility index (Phi) is 3.74. The summed E-state index contributed by atoms with van der Waals surface area (Å²) in [5, 5.41) is 6.69. The average Bonchev–Trinajstić information content (AvgIpc) is 2.55. The molecule has 0 aliphatic heterocycles. The van der Waals surface area contributed by atoms with Crippen molar-refractivity contribution in [3.8, 4) is 0 Å². The molecule has 102 valence electrons. The maximum absolute atomic E-state index is 12.7. The molecule has 1 heterocycles. The summed E-state index contributed by atoms with van der Waals surface area (Å²) in [4.78, 5) is 0.308. The molecule has 0 amide bonds. The molecule has 3 N–H and O–H groups in total. The Hall–Kier alpha value is -0.920. The number of aromatic amines is 1. The summed E-state index contributed by atoms with van der Waals surface area (Å²) in [6.07, 6.45) is 2.94. The Labute approximate surface area is 108 Å². The average molecular weight is 272 g/mol. The number of nitrogens with zero attached hydrogens (tertiary/aromatic N) is 2. The van der Waals surface area contributed by atoms with Crippen molar-refractivity contribution in [2.45, 2.75) is 44.0 Å². The first-order valence-corrected chi connectivity index (χ1v) is 7.66. The Bertz CT molecular complexity index is 500. The topological polar surface area (TPSA) is 92.1 Å². The number of hydrogen-bond donors (Lipinski definition) is 2. The van der Waals surface area contributed by atoms with Gasteiger partial charge in [-0.3, -0.25) is 5.10 Å². The van der Waals surface area contributed by atoms with Gasteiger partial charge in [0, 0.05) is 19.1 Å². The van der Waals surface area contributed by atoms with Crippen molar-refractivity contribution in [1.29, 1.82) is 0 Å². The first kappa shape index (κ1) is 13.5. The van der Waals surface area contributed by atoms with E-state index in [9.17, 15) is 8.42 Å². The molecule has 7 heteroatoms. The smallest absolute Gasteiger partial charge is 0.247 e. The molecule has 1 aromatic heterocycles. The summed E-state index contributed by atoms with van der Waals surface area (Å²) in [5.41, 5.74) is 6.66. The highest BCUT2D eigenvalue weighted by Crippen LogP contribution is 2.31. The van der Waals surface area contributed by atoms with Gasteiger partial charge in [0.2, 0.25) is 10.0 Å². The van der Waals surface area contributed by atoms with Gasteiger partial charge in [-0.05, 0) is 26.7 Å². The Morgan fingerprint density at radius 2 is 2.11 bits per heavy atom. The zero-order valence-corrected chi connectivity index (χ0v) is 11.6. The van der Waals surface area contributed by atoms with Crippen molar-refractivity contribution >= 4 is 10.0 Å². The van der Waals surface area contributed by atoms with Crippen LogP contribution >= 0.6 is 0 Å². The number of sulfonamides is 1. The van der Waals surface area contributed by atoms with E-state index in [0.717, 1.165) is 19.3 Å². The Morgan fingerprint density at radius 3 is 2.50 bits per heavy atom. The van der Waals surface area contributed by atoms with E-state index in [1.807, 2.05) is 0 Å². The molecule has 1 saturated carbocycles. The quantitative estimate of drug-likeness (QED) is 0.817. The lowest BCUT2D eigenvalue weighted by atomic mass is 9.93. The van der Waals surface area contributed by atoms with Crippen molar-refractivity contribution in [3.05, 3.63) is 11.4 Å². The Morgan fingerprint density at radius 1 is 1.44 bits per heavy atom. The predicted molar refractivity (Wildman–Crippen MR) is 68.6 cm³/mol. The van der Waals surface area contributed by atoms with Crippen LogP contribution < -0.4 is 5.73 Å². The predicted octanol–water partition coefficient (Wildman–Crippen LogP) is 0.528. The third-order valence-corrected chi connectivity index (χ3v) is 5.67. The fraction of sp³-hybridized carbons (Fsp3) is 0.727. The summed E-state index contributed by atoms with van der Waals surface area (Å²) in [7, 11) is -3.48. The van der Waals surface area contributed by atoms with Crippen LogP contribution in [0.3, 0.4) is 0 Å². The fourth-order valence-corrected chi connectivity index (χ4v) is 4.37. The highest BCUT2D eigenvalue weighted by molar-refractivity contribution is 7.89. The summed E-state index contributed by atoms with van der Waals surface area (Å²) in [5.74, 6) is 0. The number of rotatable bonds is 5. The van der Waals surface area contributed by atoms with E-state index >= 15 is 0 Å². The van der Waals surface area contributed by atoms with Gasteiger partial charge in [0.25, 0.3) is 0 Å². The standard InChI is InChI=1S/C11H20N4O2S/c1-8-11(9(2)14-13-8)18(16,17)15(7-6-12)10-4-3-5-10/h10H,3-7,12H2,1-2H3,(H,13,14). The molecule has 0 atom stereocenters. The molecule has 0 spiro atoms. The maximum Gasteiger partial charge on any atom is 0.247 e. The van der Waals surface area contributed by atoms with Crippen molar-refractivity contribution in [3.63, 3.8) is 0 Å². The highest BCUT2D eigenvalue weighted by atomic mass is 32.2. The van der Waals surface area contributed by atoms with Crippen molar-refractivity contribution < 1.29 is 8.42 Å². The second-order valence-electron chi connectivity index (χ2n) is 4.75. The van der Waals surface area contributed by atoms with Gasteiger partial charge in [-0.15, -0.1) is 0 Å². The molecule has 1 aliphatic carbocycles. The monoisotopic (exact) mass is 272 g/mol. The molecular formula is C11H20N4O2S. The molecule has 6 nitrogen and oxygen atoms in total. The van der Waals surface area contributed by atoms with E-state index in [1.165, 1.54) is 0 Å². The number of aryl methyl sites for hydroxylation is 2. The molecule has 1 aromatic rings. The van der Waals surface area contributed by atoms with Crippen LogP contribution in [0, 0.1) is 13.8 Å². The van der Waals surface area contributed by atoms with Crippen LogP contribution in [0.2, 0.25) is 0 Å². The summed E-state index contributed by atoms with van der Waals surface area (Å²) in [6.45, 7) is 4.15. The van der Waals surface area contributed by atoms with E-state index in [0.29, 0.717) is 29.4 Å². The molecule has 0 unspecified atom stereocenters. The van der Waals surface area contributed by atoms with E-state index in [1.54, 1.807) is 18.2 Å². The number of nitrogens with one attached hydrogen (secondary N) is 1. The summed E-state index contributed by atoms with van der Waals surface area (Å²) >= 11 is 0. The maximum atomic E-state index is 12.7. The lowest BCUT2D eigenvalue weighted by Gasteiger charge is -2.36. The van der Waals surface area contributed by atoms with Gasteiger partial charge in [-0.2, -0.15) is 9.40 Å². The third-order valence-electron chi connectivity index (χ3n) is 3.46. The number of nitrogens with two attached hydrogens (primary N) is 1. The van der Waals surface area contributed by atoms with Gasteiger partial charge in [0.15, 0.2) is 0 Å². The van der Waals surface area contributed by atoms with Gasteiger partial charge < -0.3 is 5.73 Å². The highest BCUT2D eigenvalue weighted by Gasteiger charge is 2.36. The van der Waals surface area contributed by atoms with Crippen LogP contribution in [0.1, 0.15) is 30.7 Å². The number of H-pyrrole nitrogens is 1. The largest absolute Gasteiger partial charge is 0.329 e. The molecular weight excluding hydrogens is 252 g/mol. The van der Waals surface area contributed by atoms with Gasteiger partial charge in [-0.25, -0.2) is 8.42 Å². The molecule has 1 fully saturated rings. The normalized spacial score (nSPS) is 17.1. The SMILES string of the molecule is Cc1n[nH]c(C)c1S(=O)(=O)N(CCN)C1CCC1. The zero-order valence-electron chi connectivity index (χ0n) is 10.8. The second-order valence-corrected chi connectivity index (χ2v) is 6.58. The number of aromatic nitrogens is 2. The molecule has 18 heavy (non-hydrogen) atoms. The first-order valence-electron chi connectivity index (χ1n) is 6.22. The lowest BCUT2D eigenvalue weighted by molar-refractivity contribution is 0.223. The van der Waals surface area contributed by atoms with Crippen LogP contribution in [0.5, 0.6) is 0 Å². The first-order chi connectivity index (χ1) is 8.48. The molecule has 0 aromatic carbocycles. The van der Waals surface area contributed by atoms with Crippen LogP contribution in [-0.4, -0.2) is 42.1 Å². The minimum absolute atomic E-state index is 0.104. The minimum Gasteiger partial charge on any atom is -0.329 e. The van der Waals surface area contributed by atoms with Crippen LogP contribution in [-0.2, 0) is 10.0 Å². The Balaban J connectivity index is 2.38. The van der Waals surface area contributed by atoms with Crippen molar-refractivity contribution in [2.24, 2.45) is 5.73 Å². The van der Waals surface area contributed by atoms with Crippen LogP contribution in [0.4, 0.5) is 0 Å². The van der Waals surface area contributed by atoms with Crippen molar-refractivity contribution in [1.82, 2.24) is 14.5 Å². The molecule has 0 bridgehead atoms. The minimum atomic E-state index is -3.48.